The smallest absolute Gasteiger partial charge is 0.271 e. The Labute approximate surface area is 179 Å². The maximum Gasteiger partial charge on any atom is 0.271 e. The summed E-state index contributed by atoms with van der Waals surface area (Å²) in [5.74, 6) is 0.964. The van der Waals surface area contributed by atoms with Gasteiger partial charge in [-0.2, -0.15) is 0 Å². The van der Waals surface area contributed by atoms with Crippen LogP contribution in [0.2, 0.25) is 0 Å². The monoisotopic (exact) mass is 418 g/mol. The first-order valence-electron chi connectivity index (χ1n) is 9.76. The molecule has 0 unspecified atom stereocenters. The van der Waals surface area contributed by atoms with Gasteiger partial charge in [0.05, 0.1) is 22.5 Å². The SMILES string of the molecule is CCOc1ccccc1OCC(=O)N(c1nc2ccccc2s1)c1ccccc1C. The topological polar surface area (TPSA) is 51.7 Å². The second-order valence-electron chi connectivity index (χ2n) is 6.65. The predicted octanol–water partition coefficient (Wildman–Crippen LogP) is 5.75. The van der Waals surface area contributed by atoms with Crippen LogP contribution in [0, 0.1) is 6.92 Å². The standard InChI is InChI=1S/C24H22N2O3S/c1-3-28-20-13-7-8-14-21(20)29-16-23(27)26(19-12-6-4-10-17(19)2)24-25-18-11-5-9-15-22(18)30-24/h4-15H,3,16H2,1-2H3. The number of hydrogen-bond donors (Lipinski definition) is 0. The van der Waals surface area contributed by atoms with Crippen LogP contribution in [0.15, 0.2) is 72.8 Å². The number of ether oxygens (including phenoxy) is 2. The van der Waals surface area contributed by atoms with E-state index in [0.29, 0.717) is 23.2 Å². The van der Waals surface area contributed by atoms with Crippen LogP contribution in [-0.4, -0.2) is 24.1 Å². The number of anilines is 2. The Hall–Kier alpha value is -3.38. The van der Waals surface area contributed by atoms with Gasteiger partial charge in [0.25, 0.3) is 5.91 Å². The van der Waals surface area contributed by atoms with Crippen molar-refractivity contribution in [1.82, 2.24) is 4.98 Å². The molecule has 0 spiro atoms. The minimum atomic E-state index is -0.199. The third-order valence-electron chi connectivity index (χ3n) is 4.58. The zero-order valence-corrected chi connectivity index (χ0v) is 17.7. The normalized spacial score (nSPS) is 10.7. The van der Waals surface area contributed by atoms with E-state index in [4.69, 9.17) is 14.5 Å². The molecule has 0 radical (unpaired) electrons. The summed E-state index contributed by atoms with van der Waals surface area (Å²) in [7, 11) is 0. The summed E-state index contributed by atoms with van der Waals surface area (Å²) in [6.45, 7) is 4.28. The first-order chi connectivity index (χ1) is 14.7. The van der Waals surface area contributed by atoms with Gasteiger partial charge >= 0.3 is 0 Å². The molecule has 152 valence electrons. The number of rotatable bonds is 7. The van der Waals surface area contributed by atoms with Crippen molar-refractivity contribution < 1.29 is 14.3 Å². The molecule has 5 nitrogen and oxygen atoms in total. The molecule has 1 heterocycles. The zero-order chi connectivity index (χ0) is 20.9. The van der Waals surface area contributed by atoms with Gasteiger partial charge in [0.2, 0.25) is 0 Å². The van der Waals surface area contributed by atoms with E-state index >= 15 is 0 Å². The molecule has 0 fully saturated rings. The van der Waals surface area contributed by atoms with Gasteiger partial charge in [0, 0.05) is 0 Å². The van der Waals surface area contributed by atoms with Crippen molar-refractivity contribution in [2.24, 2.45) is 0 Å². The summed E-state index contributed by atoms with van der Waals surface area (Å²) >= 11 is 1.48. The number of hydrogen-bond acceptors (Lipinski definition) is 5. The van der Waals surface area contributed by atoms with Gasteiger partial charge in [-0.15, -0.1) is 0 Å². The van der Waals surface area contributed by atoms with E-state index in [1.165, 1.54) is 11.3 Å². The van der Waals surface area contributed by atoms with E-state index in [1.54, 1.807) is 11.0 Å². The van der Waals surface area contributed by atoms with Gasteiger partial charge in [0.15, 0.2) is 23.2 Å². The van der Waals surface area contributed by atoms with Crippen molar-refractivity contribution >= 4 is 38.3 Å². The largest absolute Gasteiger partial charge is 0.490 e. The number of thiazole rings is 1. The second-order valence-corrected chi connectivity index (χ2v) is 7.66. The molecule has 0 atom stereocenters. The van der Waals surface area contributed by atoms with Crippen LogP contribution < -0.4 is 14.4 Å². The van der Waals surface area contributed by atoms with Crippen LogP contribution in [0.4, 0.5) is 10.8 Å². The summed E-state index contributed by atoms with van der Waals surface area (Å²) in [5, 5.41) is 0.622. The number of benzene rings is 3. The highest BCUT2D eigenvalue weighted by atomic mass is 32.1. The molecule has 0 aliphatic carbocycles. The molecule has 3 aromatic carbocycles. The molecule has 4 rings (SSSR count). The Morgan fingerprint density at radius 2 is 1.60 bits per heavy atom. The van der Waals surface area contributed by atoms with Crippen LogP contribution in [0.25, 0.3) is 10.2 Å². The molecule has 1 aromatic heterocycles. The molecule has 1 amide bonds. The minimum Gasteiger partial charge on any atom is -0.490 e. The van der Waals surface area contributed by atoms with Gasteiger partial charge in [0.1, 0.15) is 0 Å². The number of para-hydroxylation sites is 4. The lowest BCUT2D eigenvalue weighted by molar-refractivity contribution is -0.119. The number of carbonyl (C=O) groups is 1. The fourth-order valence-corrected chi connectivity index (χ4v) is 4.16. The van der Waals surface area contributed by atoms with Crippen LogP contribution >= 0.6 is 11.3 Å². The maximum absolute atomic E-state index is 13.3. The molecule has 0 N–H and O–H groups in total. The molecular formula is C24H22N2O3S. The van der Waals surface area contributed by atoms with E-state index in [1.807, 2.05) is 80.6 Å². The summed E-state index contributed by atoms with van der Waals surface area (Å²) in [4.78, 5) is 19.7. The molecule has 4 aromatic rings. The van der Waals surface area contributed by atoms with E-state index in [2.05, 4.69) is 0 Å². The minimum absolute atomic E-state index is 0.131. The molecule has 30 heavy (non-hydrogen) atoms. The average Bonchev–Trinajstić information content (AvgIpc) is 3.18. The van der Waals surface area contributed by atoms with Gasteiger partial charge < -0.3 is 9.47 Å². The van der Waals surface area contributed by atoms with Crippen molar-refractivity contribution in [3.8, 4) is 11.5 Å². The van der Waals surface area contributed by atoms with Crippen LogP contribution in [-0.2, 0) is 4.79 Å². The first kappa shape index (κ1) is 19.9. The van der Waals surface area contributed by atoms with E-state index in [9.17, 15) is 4.79 Å². The zero-order valence-electron chi connectivity index (χ0n) is 16.9. The number of carbonyl (C=O) groups excluding carboxylic acids is 1. The molecule has 0 saturated carbocycles. The van der Waals surface area contributed by atoms with Crippen LogP contribution in [0.1, 0.15) is 12.5 Å². The second kappa shape index (κ2) is 8.97. The summed E-state index contributed by atoms with van der Waals surface area (Å²) in [6.07, 6.45) is 0. The Morgan fingerprint density at radius 3 is 2.33 bits per heavy atom. The maximum atomic E-state index is 13.3. The van der Waals surface area contributed by atoms with Crippen molar-refractivity contribution in [2.75, 3.05) is 18.1 Å². The van der Waals surface area contributed by atoms with Crippen molar-refractivity contribution in [2.45, 2.75) is 13.8 Å². The van der Waals surface area contributed by atoms with Gasteiger partial charge in [-0.05, 0) is 49.7 Å². The molecule has 6 heteroatoms. The van der Waals surface area contributed by atoms with E-state index < -0.39 is 0 Å². The Balaban J connectivity index is 1.66. The Morgan fingerprint density at radius 1 is 0.933 bits per heavy atom. The molecule has 0 bridgehead atoms. The number of aromatic nitrogens is 1. The van der Waals surface area contributed by atoms with Crippen molar-refractivity contribution in [3.63, 3.8) is 0 Å². The third kappa shape index (κ3) is 4.14. The molecule has 0 aliphatic rings. The third-order valence-corrected chi connectivity index (χ3v) is 5.60. The molecule has 0 saturated heterocycles. The summed E-state index contributed by atoms with van der Waals surface area (Å²) in [6, 6.07) is 23.0. The fourth-order valence-electron chi connectivity index (χ4n) is 3.16. The van der Waals surface area contributed by atoms with E-state index in [-0.39, 0.29) is 12.5 Å². The van der Waals surface area contributed by atoms with Crippen molar-refractivity contribution in [3.05, 3.63) is 78.4 Å². The number of amides is 1. The first-order valence-corrected chi connectivity index (χ1v) is 10.6. The summed E-state index contributed by atoms with van der Waals surface area (Å²) < 4.78 is 12.5. The lowest BCUT2D eigenvalue weighted by atomic mass is 10.2. The van der Waals surface area contributed by atoms with E-state index in [0.717, 1.165) is 21.5 Å². The highest BCUT2D eigenvalue weighted by molar-refractivity contribution is 7.22. The predicted molar refractivity (Wildman–Crippen MR) is 121 cm³/mol. The number of fused-ring (bicyclic) bond motifs is 1. The van der Waals surface area contributed by atoms with Crippen LogP contribution in [0.3, 0.4) is 0 Å². The highest BCUT2D eigenvalue weighted by Gasteiger charge is 2.24. The quantitative estimate of drug-likeness (QED) is 0.384. The van der Waals surface area contributed by atoms with Gasteiger partial charge in [-0.25, -0.2) is 4.98 Å². The number of nitrogens with zero attached hydrogens (tertiary/aromatic N) is 2. The molecule has 0 aliphatic heterocycles. The highest BCUT2D eigenvalue weighted by Crippen LogP contribution is 2.35. The summed E-state index contributed by atoms with van der Waals surface area (Å²) in [5.41, 5.74) is 2.65. The average molecular weight is 419 g/mol. The lowest BCUT2D eigenvalue weighted by Crippen LogP contribution is -2.31. The van der Waals surface area contributed by atoms with Crippen molar-refractivity contribution in [1.29, 1.82) is 0 Å². The fraction of sp³-hybridized carbons (Fsp3) is 0.167. The lowest BCUT2D eigenvalue weighted by Gasteiger charge is -2.22. The Bertz CT molecular complexity index is 1140. The van der Waals surface area contributed by atoms with Gasteiger partial charge in [-0.1, -0.05) is 53.8 Å². The molecular weight excluding hydrogens is 396 g/mol. The Kier molecular flexibility index (Phi) is 5.95. The van der Waals surface area contributed by atoms with Crippen LogP contribution in [0.5, 0.6) is 11.5 Å². The van der Waals surface area contributed by atoms with Gasteiger partial charge in [-0.3, -0.25) is 9.69 Å². The number of aryl methyl sites for hydroxylation is 1.